The topological polar surface area (TPSA) is 42.2 Å². The predicted molar refractivity (Wildman–Crippen MR) is 59.4 cm³/mol. The second-order valence-corrected chi connectivity index (χ2v) is 3.82. The van der Waals surface area contributed by atoms with Crippen molar-refractivity contribution in [1.82, 2.24) is 4.57 Å². The maximum atomic E-state index is 13.3. The van der Waals surface area contributed by atoms with E-state index in [9.17, 15) is 9.18 Å². The second-order valence-electron chi connectivity index (χ2n) is 3.82. The van der Waals surface area contributed by atoms with Crippen molar-refractivity contribution in [3.05, 3.63) is 35.5 Å². The average Bonchev–Trinajstić information content (AvgIpc) is 2.55. The SMILES string of the molecule is CC(F)c1cc2cc(C(=O)O)ccc2n1C. The molecule has 0 saturated heterocycles. The molecule has 1 heterocycles. The molecule has 2 aromatic rings. The summed E-state index contributed by atoms with van der Waals surface area (Å²) >= 11 is 0. The smallest absolute Gasteiger partial charge is 0.335 e. The van der Waals surface area contributed by atoms with Crippen LogP contribution in [0.5, 0.6) is 0 Å². The Labute approximate surface area is 92.1 Å². The summed E-state index contributed by atoms with van der Waals surface area (Å²) in [5.74, 6) is -0.972. The average molecular weight is 221 g/mol. The highest BCUT2D eigenvalue weighted by atomic mass is 19.1. The number of fused-ring (bicyclic) bond motifs is 1. The van der Waals surface area contributed by atoms with Gasteiger partial charge in [-0.3, -0.25) is 0 Å². The van der Waals surface area contributed by atoms with Gasteiger partial charge in [0.15, 0.2) is 0 Å². The van der Waals surface area contributed by atoms with E-state index >= 15 is 0 Å². The molecular formula is C12H12FNO2. The van der Waals surface area contributed by atoms with Crippen LogP contribution in [0.2, 0.25) is 0 Å². The molecule has 0 saturated carbocycles. The van der Waals surface area contributed by atoms with E-state index in [0.29, 0.717) is 5.69 Å². The van der Waals surface area contributed by atoms with Gasteiger partial charge >= 0.3 is 5.97 Å². The van der Waals surface area contributed by atoms with Crippen LogP contribution >= 0.6 is 0 Å². The molecule has 4 heteroatoms. The van der Waals surface area contributed by atoms with Crippen molar-refractivity contribution in [2.75, 3.05) is 0 Å². The monoisotopic (exact) mass is 221 g/mol. The van der Waals surface area contributed by atoms with Gasteiger partial charge in [0.1, 0.15) is 6.17 Å². The molecule has 0 aliphatic rings. The number of halogens is 1. The number of alkyl halides is 1. The Kier molecular flexibility index (Phi) is 2.42. The van der Waals surface area contributed by atoms with Crippen LogP contribution in [0.4, 0.5) is 4.39 Å². The molecule has 0 fully saturated rings. The number of hydrogen-bond acceptors (Lipinski definition) is 1. The number of benzene rings is 1. The zero-order valence-corrected chi connectivity index (χ0v) is 9.07. The van der Waals surface area contributed by atoms with Crippen molar-refractivity contribution >= 4 is 16.9 Å². The largest absolute Gasteiger partial charge is 0.478 e. The van der Waals surface area contributed by atoms with Gasteiger partial charge in [-0.05, 0) is 31.2 Å². The minimum Gasteiger partial charge on any atom is -0.478 e. The van der Waals surface area contributed by atoms with Gasteiger partial charge in [-0.2, -0.15) is 0 Å². The van der Waals surface area contributed by atoms with E-state index in [1.54, 1.807) is 29.8 Å². The van der Waals surface area contributed by atoms with Gasteiger partial charge in [-0.1, -0.05) is 0 Å². The van der Waals surface area contributed by atoms with Crippen LogP contribution in [0.3, 0.4) is 0 Å². The Balaban J connectivity index is 2.67. The number of aromatic carboxylic acids is 1. The minimum atomic E-state index is -1.06. The van der Waals surface area contributed by atoms with Crippen LogP contribution in [0, 0.1) is 0 Å². The molecular weight excluding hydrogens is 209 g/mol. The first-order valence-corrected chi connectivity index (χ1v) is 4.97. The summed E-state index contributed by atoms with van der Waals surface area (Å²) in [6.07, 6.45) is -1.06. The summed E-state index contributed by atoms with van der Waals surface area (Å²) in [4.78, 5) is 10.8. The quantitative estimate of drug-likeness (QED) is 0.847. The van der Waals surface area contributed by atoms with Crippen LogP contribution < -0.4 is 0 Å². The van der Waals surface area contributed by atoms with Crippen LogP contribution in [0.25, 0.3) is 10.9 Å². The van der Waals surface area contributed by atoms with Crippen molar-refractivity contribution in [1.29, 1.82) is 0 Å². The summed E-state index contributed by atoms with van der Waals surface area (Å²) in [5.41, 5.74) is 1.61. The molecule has 1 atom stereocenters. The zero-order valence-electron chi connectivity index (χ0n) is 9.07. The molecule has 1 unspecified atom stereocenters. The third kappa shape index (κ3) is 1.56. The molecule has 2 rings (SSSR count). The standard InChI is InChI=1S/C12H12FNO2/c1-7(13)11-6-9-5-8(12(15)16)3-4-10(9)14(11)2/h3-7H,1-2H3,(H,15,16). The molecule has 16 heavy (non-hydrogen) atoms. The van der Waals surface area contributed by atoms with Gasteiger partial charge in [0.2, 0.25) is 0 Å². The van der Waals surface area contributed by atoms with E-state index in [4.69, 9.17) is 5.11 Å². The minimum absolute atomic E-state index is 0.219. The maximum Gasteiger partial charge on any atom is 0.335 e. The Morgan fingerprint density at radius 3 is 2.69 bits per heavy atom. The molecule has 1 N–H and O–H groups in total. The summed E-state index contributed by atoms with van der Waals surface area (Å²) < 4.78 is 15.0. The van der Waals surface area contributed by atoms with E-state index in [1.807, 2.05) is 0 Å². The van der Waals surface area contributed by atoms with Crippen LogP contribution in [-0.2, 0) is 7.05 Å². The lowest BCUT2D eigenvalue weighted by molar-refractivity contribution is 0.0697. The highest BCUT2D eigenvalue weighted by Crippen LogP contribution is 2.25. The summed E-state index contributed by atoms with van der Waals surface area (Å²) in [7, 11) is 1.77. The zero-order chi connectivity index (χ0) is 11.9. The molecule has 0 aliphatic carbocycles. The van der Waals surface area contributed by atoms with Crippen molar-refractivity contribution < 1.29 is 14.3 Å². The lowest BCUT2D eigenvalue weighted by Gasteiger charge is -2.04. The number of carboxylic acid groups (broad SMARTS) is 1. The molecule has 1 aromatic heterocycles. The molecule has 3 nitrogen and oxygen atoms in total. The summed E-state index contributed by atoms with van der Waals surface area (Å²) in [6.45, 7) is 1.46. The fourth-order valence-corrected chi connectivity index (χ4v) is 1.89. The molecule has 0 spiro atoms. The molecule has 0 amide bonds. The molecule has 1 aromatic carbocycles. The van der Waals surface area contributed by atoms with Gasteiger partial charge in [-0.15, -0.1) is 0 Å². The second kappa shape index (κ2) is 3.63. The van der Waals surface area contributed by atoms with E-state index < -0.39 is 12.1 Å². The van der Waals surface area contributed by atoms with Gasteiger partial charge in [0, 0.05) is 18.0 Å². The number of rotatable bonds is 2. The molecule has 0 aliphatic heterocycles. The lowest BCUT2D eigenvalue weighted by atomic mass is 10.1. The van der Waals surface area contributed by atoms with Crippen molar-refractivity contribution in [2.24, 2.45) is 7.05 Å². The Hall–Kier alpha value is -1.84. The van der Waals surface area contributed by atoms with Crippen LogP contribution in [-0.4, -0.2) is 15.6 Å². The summed E-state index contributed by atoms with van der Waals surface area (Å²) in [6, 6.07) is 6.47. The fourth-order valence-electron chi connectivity index (χ4n) is 1.89. The molecule has 84 valence electrons. The molecule has 0 bridgehead atoms. The van der Waals surface area contributed by atoms with E-state index in [1.165, 1.54) is 13.0 Å². The summed E-state index contributed by atoms with van der Waals surface area (Å²) in [5, 5.41) is 9.60. The van der Waals surface area contributed by atoms with Crippen molar-refractivity contribution in [3.63, 3.8) is 0 Å². The Bertz CT molecular complexity index is 557. The van der Waals surface area contributed by atoms with Crippen molar-refractivity contribution in [3.8, 4) is 0 Å². The van der Waals surface area contributed by atoms with Gasteiger partial charge < -0.3 is 9.67 Å². The van der Waals surface area contributed by atoms with Crippen LogP contribution in [0.1, 0.15) is 29.1 Å². The lowest BCUT2D eigenvalue weighted by Crippen LogP contribution is -1.97. The Morgan fingerprint density at radius 1 is 1.44 bits per heavy atom. The molecule has 0 radical (unpaired) electrons. The first kappa shape index (κ1) is 10.7. The van der Waals surface area contributed by atoms with Gasteiger partial charge in [0.25, 0.3) is 0 Å². The number of aryl methyl sites for hydroxylation is 1. The maximum absolute atomic E-state index is 13.3. The normalized spacial score (nSPS) is 12.9. The highest BCUT2D eigenvalue weighted by molar-refractivity contribution is 5.94. The first-order chi connectivity index (χ1) is 7.50. The number of carbonyl (C=O) groups is 1. The first-order valence-electron chi connectivity index (χ1n) is 4.97. The van der Waals surface area contributed by atoms with Crippen molar-refractivity contribution in [2.45, 2.75) is 13.1 Å². The van der Waals surface area contributed by atoms with E-state index in [-0.39, 0.29) is 5.56 Å². The highest BCUT2D eigenvalue weighted by Gasteiger charge is 2.12. The van der Waals surface area contributed by atoms with E-state index in [2.05, 4.69) is 0 Å². The van der Waals surface area contributed by atoms with Gasteiger partial charge in [0.05, 0.1) is 11.3 Å². The number of nitrogens with zero attached hydrogens (tertiary/aromatic N) is 1. The third-order valence-electron chi connectivity index (χ3n) is 2.73. The third-order valence-corrected chi connectivity index (χ3v) is 2.73. The fraction of sp³-hybridized carbons (Fsp3) is 0.250. The van der Waals surface area contributed by atoms with Gasteiger partial charge in [-0.25, -0.2) is 9.18 Å². The number of aromatic nitrogens is 1. The number of hydrogen-bond donors (Lipinski definition) is 1. The van der Waals surface area contributed by atoms with E-state index in [0.717, 1.165) is 10.9 Å². The van der Waals surface area contributed by atoms with Crippen LogP contribution in [0.15, 0.2) is 24.3 Å². The number of carboxylic acids is 1. The Morgan fingerprint density at radius 2 is 2.12 bits per heavy atom. The predicted octanol–water partition coefficient (Wildman–Crippen LogP) is 2.91.